The van der Waals surface area contributed by atoms with Crippen molar-refractivity contribution in [1.82, 2.24) is 0 Å². The van der Waals surface area contributed by atoms with Gasteiger partial charge in [0, 0.05) is 19.3 Å². The van der Waals surface area contributed by atoms with E-state index in [0.717, 1.165) is 77.0 Å². The molecule has 0 bridgehead atoms. The zero-order chi connectivity index (χ0) is 40.1. The molecule has 0 heterocycles. The van der Waals surface area contributed by atoms with Crippen LogP contribution >= 0.6 is 0 Å². The quantitative estimate of drug-likeness (QED) is 0.0267. The number of hydrogen-bond acceptors (Lipinski definition) is 6. The van der Waals surface area contributed by atoms with E-state index >= 15 is 0 Å². The highest BCUT2D eigenvalue weighted by molar-refractivity contribution is 5.71. The first-order chi connectivity index (χ1) is 27.0. The van der Waals surface area contributed by atoms with Crippen LogP contribution < -0.4 is 0 Å². The summed E-state index contributed by atoms with van der Waals surface area (Å²) < 4.78 is 16.5. The number of carbonyl (C=O) groups is 3. The molecular weight excluding hydrogens is 685 g/mol. The molecule has 1 atom stereocenters. The Kier molecular flexibility index (Phi) is 41.5. The molecule has 0 spiro atoms. The minimum Gasteiger partial charge on any atom is -0.462 e. The SMILES string of the molecule is CC/C=C\C/C=C\C/C=C\C/C=C\CCC(=O)OC(COC(=O)CCCCCCC)COC(=O)CCCCCCCCCCC/C=C\CCCCCCCC. The molecule has 0 saturated carbocycles. The first-order valence-corrected chi connectivity index (χ1v) is 22.8. The summed E-state index contributed by atoms with van der Waals surface area (Å²) in [6.45, 7) is 6.35. The maximum absolute atomic E-state index is 12.6. The van der Waals surface area contributed by atoms with E-state index in [-0.39, 0.29) is 31.6 Å². The van der Waals surface area contributed by atoms with Crippen LogP contribution in [0.25, 0.3) is 0 Å². The van der Waals surface area contributed by atoms with Crippen LogP contribution in [0, 0.1) is 0 Å². The number of carbonyl (C=O) groups excluding carboxylic acids is 3. The molecule has 0 radical (unpaired) electrons. The summed E-state index contributed by atoms with van der Waals surface area (Å²) in [6, 6.07) is 0. The number of hydrogen-bond donors (Lipinski definition) is 0. The number of allylic oxidation sites excluding steroid dienone is 10. The minimum atomic E-state index is -0.806. The van der Waals surface area contributed by atoms with Gasteiger partial charge in [-0.2, -0.15) is 0 Å². The Balaban J connectivity index is 4.26. The highest BCUT2D eigenvalue weighted by Crippen LogP contribution is 2.13. The van der Waals surface area contributed by atoms with Gasteiger partial charge < -0.3 is 14.2 Å². The van der Waals surface area contributed by atoms with Crippen molar-refractivity contribution >= 4 is 17.9 Å². The van der Waals surface area contributed by atoms with Crippen LogP contribution in [0.5, 0.6) is 0 Å². The van der Waals surface area contributed by atoms with Gasteiger partial charge in [0.25, 0.3) is 0 Å². The standard InChI is InChI=1S/C49H84O6/c1-4-7-10-13-15-17-19-21-22-23-24-25-26-28-29-31-33-36-39-42-48(51)54-45-46(44-53-47(50)41-38-35-12-9-6-3)55-49(52)43-40-37-34-32-30-27-20-18-16-14-11-8-5-2/h8,11,16,18,21-22,27,30,34,37,46H,4-7,9-10,12-15,17,19-20,23-26,28-29,31-33,35-36,38-45H2,1-3H3/b11-8-,18-16-,22-21-,30-27-,37-34-. The Bertz CT molecular complexity index is 1020. The maximum Gasteiger partial charge on any atom is 0.306 e. The molecule has 55 heavy (non-hydrogen) atoms. The van der Waals surface area contributed by atoms with Crippen molar-refractivity contribution in [3.63, 3.8) is 0 Å². The second-order valence-corrected chi connectivity index (χ2v) is 14.9. The average Bonchev–Trinajstić information content (AvgIpc) is 3.18. The van der Waals surface area contributed by atoms with Crippen molar-refractivity contribution in [1.29, 1.82) is 0 Å². The molecule has 316 valence electrons. The fraction of sp³-hybridized carbons (Fsp3) is 0.735. The molecule has 0 aliphatic heterocycles. The van der Waals surface area contributed by atoms with E-state index in [4.69, 9.17) is 14.2 Å². The lowest BCUT2D eigenvalue weighted by Crippen LogP contribution is -2.30. The maximum atomic E-state index is 12.6. The Morgan fingerprint density at radius 1 is 0.382 bits per heavy atom. The Morgan fingerprint density at radius 3 is 1.18 bits per heavy atom. The van der Waals surface area contributed by atoms with Crippen LogP contribution in [0.3, 0.4) is 0 Å². The van der Waals surface area contributed by atoms with E-state index in [2.05, 4.69) is 69.4 Å². The van der Waals surface area contributed by atoms with Gasteiger partial charge in [0.1, 0.15) is 13.2 Å². The average molecular weight is 769 g/mol. The summed E-state index contributed by atoms with van der Waals surface area (Å²) in [5.41, 5.74) is 0. The van der Waals surface area contributed by atoms with E-state index in [9.17, 15) is 14.4 Å². The van der Waals surface area contributed by atoms with Crippen LogP contribution in [0.4, 0.5) is 0 Å². The van der Waals surface area contributed by atoms with Gasteiger partial charge in [-0.1, -0.05) is 184 Å². The molecule has 0 rings (SSSR count). The number of esters is 3. The summed E-state index contributed by atoms with van der Waals surface area (Å²) in [5, 5.41) is 0. The van der Waals surface area contributed by atoms with E-state index in [1.807, 2.05) is 12.2 Å². The van der Waals surface area contributed by atoms with Crippen LogP contribution in [0.1, 0.15) is 213 Å². The van der Waals surface area contributed by atoms with E-state index in [0.29, 0.717) is 19.3 Å². The predicted octanol–water partition coefficient (Wildman–Crippen LogP) is 14.5. The first kappa shape index (κ1) is 52.1. The van der Waals surface area contributed by atoms with Crippen molar-refractivity contribution in [3.05, 3.63) is 60.8 Å². The molecule has 0 saturated heterocycles. The van der Waals surface area contributed by atoms with Gasteiger partial charge in [0.05, 0.1) is 0 Å². The first-order valence-electron chi connectivity index (χ1n) is 22.8. The summed E-state index contributed by atoms with van der Waals surface area (Å²) in [5.74, 6) is -1.01. The molecule has 0 aliphatic rings. The molecule has 0 N–H and O–H groups in total. The zero-order valence-electron chi connectivity index (χ0n) is 35.9. The molecule has 0 aromatic carbocycles. The molecule has 0 aromatic heterocycles. The van der Waals surface area contributed by atoms with E-state index < -0.39 is 12.1 Å². The van der Waals surface area contributed by atoms with Crippen LogP contribution in [0.15, 0.2) is 60.8 Å². The van der Waals surface area contributed by atoms with E-state index in [1.165, 1.54) is 89.9 Å². The van der Waals surface area contributed by atoms with Crippen LogP contribution in [-0.4, -0.2) is 37.2 Å². The highest BCUT2D eigenvalue weighted by Gasteiger charge is 2.19. The number of unbranched alkanes of at least 4 members (excludes halogenated alkanes) is 19. The second-order valence-electron chi connectivity index (χ2n) is 14.9. The summed E-state index contributed by atoms with van der Waals surface area (Å²) in [7, 11) is 0. The largest absolute Gasteiger partial charge is 0.462 e. The van der Waals surface area contributed by atoms with Gasteiger partial charge in [-0.15, -0.1) is 0 Å². The van der Waals surface area contributed by atoms with Crippen molar-refractivity contribution in [2.45, 2.75) is 219 Å². The summed E-state index contributed by atoms with van der Waals surface area (Å²) in [4.78, 5) is 37.4. The molecule has 0 fully saturated rings. The van der Waals surface area contributed by atoms with Crippen LogP contribution in [0.2, 0.25) is 0 Å². The van der Waals surface area contributed by atoms with Gasteiger partial charge in [0.2, 0.25) is 0 Å². The third kappa shape index (κ3) is 42.1. The summed E-state index contributed by atoms with van der Waals surface area (Å²) in [6.07, 6.45) is 52.6. The monoisotopic (exact) mass is 769 g/mol. The smallest absolute Gasteiger partial charge is 0.306 e. The molecule has 6 heteroatoms. The Hall–Kier alpha value is -2.89. The van der Waals surface area contributed by atoms with Crippen molar-refractivity contribution in [2.75, 3.05) is 13.2 Å². The molecule has 0 amide bonds. The van der Waals surface area contributed by atoms with Crippen molar-refractivity contribution < 1.29 is 28.6 Å². The predicted molar refractivity (Wildman–Crippen MR) is 233 cm³/mol. The van der Waals surface area contributed by atoms with Gasteiger partial charge in [-0.3, -0.25) is 14.4 Å². The lowest BCUT2D eigenvalue weighted by Gasteiger charge is -2.18. The van der Waals surface area contributed by atoms with Gasteiger partial charge in [0.15, 0.2) is 6.10 Å². The van der Waals surface area contributed by atoms with Gasteiger partial charge in [-0.25, -0.2) is 0 Å². The molecule has 6 nitrogen and oxygen atoms in total. The Morgan fingerprint density at radius 2 is 0.745 bits per heavy atom. The second kappa shape index (κ2) is 43.8. The number of ether oxygens (including phenoxy) is 3. The molecule has 0 aromatic rings. The van der Waals surface area contributed by atoms with Crippen molar-refractivity contribution in [2.24, 2.45) is 0 Å². The number of rotatable bonds is 40. The topological polar surface area (TPSA) is 78.9 Å². The highest BCUT2D eigenvalue weighted by atomic mass is 16.6. The van der Waals surface area contributed by atoms with E-state index in [1.54, 1.807) is 0 Å². The van der Waals surface area contributed by atoms with Crippen molar-refractivity contribution in [3.8, 4) is 0 Å². The Labute approximate surface area is 339 Å². The lowest BCUT2D eigenvalue weighted by atomic mass is 10.1. The molecule has 1 unspecified atom stereocenters. The summed E-state index contributed by atoms with van der Waals surface area (Å²) >= 11 is 0. The van der Waals surface area contributed by atoms with Gasteiger partial charge >= 0.3 is 17.9 Å². The van der Waals surface area contributed by atoms with Gasteiger partial charge in [-0.05, 0) is 70.6 Å². The molecular formula is C49H84O6. The minimum absolute atomic E-state index is 0.104. The fourth-order valence-corrected chi connectivity index (χ4v) is 6.10. The zero-order valence-corrected chi connectivity index (χ0v) is 35.9. The third-order valence-electron chi connectivity index (χ3n) is 9.52. The normalized spacial score (nSPS) is 12.6. The lowest BCUT2D eigenvalue weighted by molar-refractivity contribution is -0.166. The third-order valence-corrected chi connectivity index (χ3v) is 9.52. The molecule has 0 aliphatic carbocycles. The fourth-order valence-electron chi connectivity index (χ4n) is 6.10. The van der Waals surface area contributed by atoms with Crippen LogP contribution in [-0.2, 0) is 28.6 Å².